The highest BCUT2D eigenvalue weighted by Gasteiger charge is 2.17. The van der Waals surface area contributed by atoms with Gasteiger partial charge < -0.3 is 5.32 Å². The van der Waals surface area contributed by atoms with Crippen molar-refractivity contribution in [2.45, 2.75) is 13.0 Å². The Balaban J connectivity index is 1.30. The fourth-order valence-corrected chi connectivity index (χ4v) is 3.45. The fraction of sp³-hybridized carbons (Fsp3) is 0.217. The van der Waals surface area contributed by atoms with E-state index >= 15 is 0 Å². The van der Waals surface area contributed by atoms with Crippen LogP contribution in [0.1, 0.15) is 17.5 Å². The summed E-state index contributed by atoms with van der Waals surface area (Å²) in [7, 11) is 0. The number of halogens is 2. The van der Waals surface area contributed by atoms with E-state index in [1.165, 1.54) is 29.8 Å². The van der Waals surface area contributed by atoms with Gasteiger partial charge in [-0.15, -0.1) is 0 Å². The van der Waals surface area contributed by atoms with Gasteiger partial charge in [0.25, 0.3) is 0 Å². The van der Waals surface area contributed by atoms with Crippen LogP contribution >= 0.6 is 0 Å². The van der Waals surface area contributed by atoms with Crippen molar-refractivity contribution in [2.75, 3.05) is 19.6 Å². The van der Waals surface area contributed by atoms with Crippen molar-refractivity contribution < 1.29 is 13.6 Å². The largest absolute Gasteiger partial charge is 0.351 e. The van der Waals surface area contributed by atoms with Crippen molar-refractivity contribution in [3.63, 3.8) is 0 Å². The first-order valence-corrected chi connectivity index (χ1v) is 9.80. The van der Waals surface area contributed by atoms with Gasteiger partial charge in [-0.1, -0.05) is 18.2 Å². The van der Waals surface area contributed by atoms with Crippen molar-refractivity contribution in [2.24, 2.45) is 0 Å². The lowest BCUT2D eigenvalue weighted by Gasteiger charge is -2.25. The second-order valence-corrected chi connectivity index (χ2v) is 7.27. The fourth-order valence-electron chi connectivity index (χ4n) is 3.45. The second kappa shape index (κ2) is 9.00. The number of nitrogens with zero attached hydrogens (tertiary/aromatic N) is 3. The summed E-state index contributed by atoms with van der Waals surface area (Å²) in [6.45, 7) is 2.05. The van der Waals surface area contributed by atoms with E-state index in [9.17, 15) is 13.6 Å². The molecule has 5 nitrogen and oxygen atoms in total. The third kappa shape index (κ3) is 4.99. The first-order valence-electron chi connectivity index (χ1n) is 9.80. The van der Waals surface area contributed by atoms with E-state index in [4.69, 9.17) is 0 Å². The molecule has 1 N–H and O–H groups in total. The Labute approximate surface area is 173 Å². The number of hydrogen-bond acceptors (Lipinski definition) is 3. The summed E-state index contributed by atoms with van der Waals surface area (Å²) in [6.07, 6.45) is 6.65. The number of aromatic nitrogens is 2. The molecule has 1 aliphatic heterocycles. The maximum Gasteiger partial charge on any atom is 0.234 e. The lowest BCUT2D eigenvalue weighted by atomic mass is 10.0. The van der Waals surface area contributed by atoms with Gasteiger partial charge in [0.1, 0.15) is 11.6 Å². The summed E-state index contributed by atoms with van der Waals surface area (Å²) in [5, 5.41) is 7.20. The smallest absolute Gasteiger partial charge is 0.234 e. The molecule has 154 valence electrons. The molecule has 2 aromatic carbocycles. The molecule has 0 spiro atoms. The van der Waals surface area contributed by atoms with Crippen LogP contribution in [0.2, 0.25) is 0 Å². The van der Waals surface area contributed by atoms with Crippen LogP contribution in [0, 0.1) is 11.6 Å². The van der Waals surface area contributed by atoms with E-state index in [-0.39, 0.29) is 17.5 Å². The number of rotatable bonds is 6. The molecule has 0 fully saturated rings. The van der Waals surface area contributed by atoms with Crippen molar-refractivity contribution in [3.8, 4) is 5.69 Å². The van der Waals surface area contributed by atoms with Crippen LogP contribution in [0.5, 0.6) is 0 Å². The Morgan fingerprint density at radius 3 is 2.67 bits per heavy atom. The highest BCUT2D eigenvalue weighted by Crippen LogP contribution is 2.23. The van der Waals surface area contributed by atoms with Crippen LogP contribution < -0.4 is 5.32 Å². The molecule has 0 unspecified atom stereocenters. The maximum atomic E-state index is 13.2. The predicted molar refractivity (Wildman–Crippen MR) is 111 cm³/mol. The average molecular weight is 408 g/mol. The Kier molecular flexibility index (Phi) is 5.99. The minimum Gasteiger partial charge on any atom is -0.351 e. The third-order valence-corrected chi connectivity index (χ3v) is 5.08. The molecule has 1 aromatic heterocycles. The molecule has 3 aromatic rings. The summed E-state index contributed by atoms with van der Waals surface area (Å²) in [4.78, 5) is 14.3. The van der Waals surface area contributed by atoms with Gasteiger partial charge in [-0.25, -0.2) is 13.5 Å². The average Bonchev–Trinajstić information content (AvgIpc) is 3.24. The second-order valence-electron chi connectivity index (χ2n) is 7.27. The van der Waals surface area contributed by atoms with Gasteiger partial charge in [-0.2, -0.15) is 5.10 Å². The molecule has 0 atom stereocenters. The number of carbonyl (C=O) groups excluding carboxylic acids is 1. The number of nitrogens with one attached hydrogen (secondary N) is 1. The van der Waals surface area contributed by atoms with E-state index in [1.807, 2.05) is 6.20 Å². The maximum absolute atomic E-state index is 13.2. The molecule has 1 aliphatic rings. The quantitative estimate of drug-likeness (QED) is 0.679. The lowest BCUT2D eigenvalue weighted by Crippen LogP contribution is -2.39. The van der Waals surface area contributed by atoms with Crippen LogP contribution in [-0.2, 0) is 11.3 Å². The highest BCUT2D eigenvalue weighted by atomic mass is 19.1. The molecule has 2 heterocycles. The minimum atomic E-state index is -0.307. The lowest BCUT2D eigenvalue weighted by molar-refractivity contribution is -0.122. The number of benzene rings is 2. The normalized spacial score (nSPS) is 14.4. The Hall–Kier alpha value is -3.32. The molecule has 30 heavy (non-hydrogen) atoms. The van der Waals surface area contributed by atoms with Crippen molar-refractivity contribution in [1.82, 2.24) is 20.0 Å². The van der Waals surface area contributed by atoms with E-state index < -0.39 is 0 Å². The molecular weight excluding hydrogens is 386 g/mol. The molecule has 0 aliphatic carbocycles. The SMILES string of the molecule is O=C(CN1CC=C(c2cnn(-c3ccc(F)cc3)c2)CC1)NCc1cccc(F)c1. The Bertz CT molecular complexity index is 1060. The summed E-state index contributed by atoms with van der Waals surface area (Å²) in [6, 6.07) is 12.4. The third-order valence-electron chi connectivity index (χ3n) is 5.08. The van der Waals surface area contributed by atoms with E-state index in [1.54, 1.807) is 35.1 Å². The summed E-state index contributed by atoms with van der Waals surface area (Å²) in [5.74, 6) is -0.667. The van der Waals surface area contributed by atoms with Crippen molar-refractivity contribution in [3.05, 3.63) is 89.8 Å². The Morgan fingerprint density at radius 1 is 1.10 bits per heavy atom. The topological polar surface area (TPSA) is 50.2 Å². The molecule has 0 bridgehead atoms. The van der Waals surface area contributed by atoms with Crippen LogP contribution in [0.25, 0.3) is 11.3 Å². The highest BCUT2D eigenvalue weighted by molar-refractivity contribution is 5.78. The van der Waals surface area contributed by atoms with Gasteiger partial charge in [-0.05, 0) is 54.0 Å². The molecular formula is C23H22F2N4O. The van der Waals surface area contributed by atoms with Gasteiger partial charge in [-0.3, -0.25) is 9.69 Å². The van der Waals surface area contributed by atoms with Gasteiger partial charge >= 0.3 is 0 Å². The van der Waals surface area contributed by atoms with E-state index in [0.717, 1.165) is 29.8 Å². The van der Waals surface area contributed by atoms with Gasteiger partial charge in [0.15, 0.2) is 0 Å². The molecule has 0 radical (unpaired) electrons. The zero-order valence-corrected chi connectivity index (χ0v) is 16.4. The first kappa shape index (κ1) is 20.0. The minimum absolute atomic E-state index is 0.0831. The predicted octanol–water partition coefficient (Wildman–Crippen LogP) is 3.56. The molecule has 0 saturated carbocycles. The van der Waals surface area contributed by atoms with Crippen LogP contribution in [-0.4, -0.2) is 40.2 Å². The molecule has 7 heteroatoms. The Morgan fingerprint density at radius 2 is 1.93 bits per heavy atom. The first-order chi connectivity index (χ1) is 14.6. The number of amides is 1. The van der Waals surface area contributed by atoms with Gasteiger partial charge in [0.05, 0.1) is 18.4 Å². The van der Waals surface area contributed by atoms with Crippen molar-refractivity contribution in [1.29, 1.82) is 0 Å². The number of hydrogen-bond donors (Lipinski definition) is 1. The zero-order chi connectivity index (χ0) is 20.9. The van der Waals surface area contributed by atoms with Gasteiger partial charge in [0, 0.05) is 31.4 Å². The summed E-state index contributed by atoms with van der Waals surface area (Å²) in [5.41, 5.74) is 3.74. The molecule has 4 rings (SSSR count). The monoisotopic (exact) mass is 408 g/mol. The standard InChI is InChI=1S/C23H22F2N4O/c24-20-4-6-22(7-5-20)29-15-19(14-27-29)18-8-10-28(11-9-18)16-23(30)26-13-17-2-1-3-21(25)12-17/h1-8,12,14-15H,9-11,13,16H2,(H,26,30). The van der Waals surface area contributed by atoms with E-state index in [0.29, 0.717) is 19.6 Å². The van der Waals surface area contributed by atoms with E-state index in [2.05, 4.69) is 21.4 Å². The van der Waals surface area contributed by atoms with Crippen LogP contribution in [0.4, 0.5) is 8.78 Å². The zero-order valence-electron chi connectivity index (χ0n) is 16.4. The van der Waals surface area contributed by atoms with Crippen molar-refractivity contribution >= 4 is 11.5 Å². The van der Waals surface area contributed by atoms with Gasteiger partial charge in [0.2, 0.25) is 5.91 Å². The summed E-state index contributed by atoms with van der Waals surface area (Å²) >= 11 is 0. The van der Waals surface area contributed by atoms with Crippen LogP contribution in [0.15, 0.2) is 67.0 Å². The summed E-state index contributed by atoms with van der Waals surface area (Å²) < 4.78 is 28.0. The molecule has 1 amide bonds. The van der Waals surface area contributed by atoms with Crippen LogP contribution in [0.3, 0.4) is 0 Å². The number of carbonyl (C=O) groups is 1. The molecule has 0 saturated heterocycles.